The summed E-state index contributed by atoms with van der Waals surface area (Å²) in [7, 11) is 0. The van der Waals surface area contributed by atoms with Crippen LogP contribution in [0.1, 0.15) is 57.4 Å². The fraction of sp³-hybridized carbons (Fsp3) is 0.591. The van der Waals surface area contributed by atoms with Crippen molar-refractivity contribution in [3.63, 3.8) is 0 Å². The molecular formula is C22H30N4O2S. The summed E-state index contributed by atoms with van der Waals surface area (Å²) >= 11 is 1.76. The Morgan fingerprint density at radius 1 is 1.31 bits per heavy atom. The number of hydrogen-bond acceptors (Lipinski definition) is 5. The second kappa shape index (κ2) is 8.03. The zero-order valence-corrected chi connectivity index (χ0v) is 18.3. The molecule has 0 saturated carbocycles. The lowest BCUT2D eigenvalue weighted by Gasteiger charge is -2.33. The molecule has 4 rings (SSSR count). The summed E-state index contributed by atoms with van der Waals surface area (Å²) in [5, 5.41) is 4.10. The van der Waals surface area contributed by atoms with Crippen LogP contribution in [0.25, 0.3) is 10.2 Å². The number of likely N-dealkylation sites (tertiary alicyclic amines) is 1. The molecule has 0 bridgehead atoms. The SMILES string of the molecule is CC(C)CC[C@@]1(C)NC(=O)N(CN2CCC[C@H](c3nc4ccccc4s3)C2)C1=O. The van der Waals surface area contributed by atoms with Crippen LogP contribution in [0, 0.1) is 5.92 Å². The quantitative estimate of drug-likeness (QED) is 0.720. The number of para-hydroxylation sites is 1. The van der Waals surface area contributed by atoms with Crippen LogP contribution in [0.2, 0.25) is 0 Å². The number of nitrogens with zero attached hydrogens (tertiary/aromatic N) is 3. The number of carbonyl (C=O) groups is 2. The van der Waals surface area contributed by atoms with Gasteiger partial charge in [0.2, 0.25) is 0 Å². The standard InChI is InChI=1S/C22H30N4O2S/c1-15(2)10-11-22(3)20(27)26(21(28)24-22)14-25-12-6-7-16(13-25)19-23-17-8-4-5-9-18(17)29-19/h4-5,8-9,15-16H,6-7,10-14H2,1-3H3,(H,24,28)/t16-,22+/m0/s1. The molecule has 1 aromatic carbocycles. The molecule has 156 valence electrons. The number of fused-ring (bicyclic) bond motifs is 1. The lowest BCUT2D eigenvalue weighted by Crippen LogP contribution is -2.47. The Morgan fingerprint density at radius 2 is 2.10 bits per heavy atom. The second-order valence-electron chi connectivity index (χ2n) is 9.01. The Bertz CT molecular complexity index is 878. The van der Waals surface area contributed by atoms with Gasteiger partial charge < -0.3 is 5.32 Å². The molecule has 0 aliphatic carbocycles. The van der Waals surface area contributed by atoms with Crippen LogP contribution in [0.15, 0.2) is 24.3 Å². The van der Waals surface area contributed by atoms with E-state index in [-0.39, 0.29) is 11.9 Å². The van der Waals surface area contributed by atoms with E-state index in [4.69, 9.17) is 4.98 Å². The van der Waals surface area contributed by atoms with Gasteiger partial charge in [0.05, 0.1) is 21.9 Å². The minimum Gasteiger partial charge on any atom is -0.323 e. The van der Waals surface area contributed by atoms with Crippen LogP contribution in [0.3, 0.4) is 0 Å². The van der Waals surface area contributed by atoms with E-state index in [2.05, 4.69) is 36.2 Å². The molecular weight excluding hydrogens is 384 g/mol. The highest BCUT2D eigenvalue weighted by molar-refractivity contribution is 7.18. The summed E-state index contributed by atoms with van der Waals surface area (Å²) < 4.78 is 1.22. The first-order valence-corrected chi connectivity index (χ1v) is 11.4. The van der Waals surface area contributed by atoms with Gasteiger partial charge in [-0.3, -0.25) is 9.69 Å². The third kappa shape index (κ3) is 4.16. The van der Waals surface area contributed by atoms with E-state index in [0.29, 0.717) is 24.9 Å². The molecule has 2 aliphatic rings. The first kappa shape index (κ1) is 20.3. The predicted octanol–water partition coefficient (Wildman–Crippen LogP) is 4.18. The molecule has 3 amide bonds. The van der Waals surface area contributed by atoms with Crippen LogP contribution < -0.4 is 5.32 Å². The molecule has 0 radical (unpaired) electrons. The van der Waals surface area contributed by atoms with Gasteiger partial charge in [0.15, 0.2) is 0 Å². The molecule has 2 atom stereocenters. The van der Waals surface area contributed by atoms with Crippen molar-refractivity contribution < 1.29 is 9.59 Å². The molecule has 6 nitrogen and oxygen atoms in total. The van der Waals surface area contributed by atoms with Gasteiger partial charge in [-0.1, -0.05) is 26.0 Å². The molecule has 3 heterocycles. The number of piperidine rings is 1. The number of urea groups is 1. The largest absolute Gasteiger partial charge is 0.326 e. The van der Waals surface area contributed by atoms with Gasteiger partial charge in [-0.25, -0.2) is 14.7 Å². The minimum absolute atomic E-state index is 0.0924. The number of hydrogen-bond donors (Lipinski definition) is 1. The van der Waals surface area contributed by atoms with Gasteiger partial charge in [-0.05, 0) is 57.2 Å². The summed E-state index contributed by atoms with van der Waals surface area (Å²) in [6.45, 7) is 8.23. The first-order chi connectivity index (χ1) is 13.9. The molecule has 2 fully saturated rings. The number of rotatable bonds is 6. The van der Waals surface area contributed by atoms with E-state index >= 15 is 0 Å². The van der Waals surface area contributed by atoms with Crippen LogP contribution in [-0.2, 0) is 4.79 Å². The molecule has 2 aliphatic heterocycles. The van der Waals surface area contributed by atoms with Crippen molar-refractivity contribution in [1.29, 1.82) is 0 Å². The Morgan fingerprint density at radius 3 is 2.86 bits per heavy atom. The van der Waals surface area contributed by atoms with Crippen LogP contribution in [0.4, 0.5) is 4.79 Å². The van der Waals surface area contributed by atoms with Crippen molar-refractivity contribution in [3.05, 3.63) is 29.3 Å². The number of benzene rings is 1. The zero-order chi connectivity index (χ0) is 20.6. The molecule has 2 aromatic rings. The number of thiazole rings is 1. The Balaban J connectivity index is 1.42. The van der Waals surface area contributed by atoms with Gasteiger partial charge in [0.1, 0.15) is 5.54 Å². The van der Waals surface area contributed by atoms with Crippen molar-refractivity contribution in [2.24, 2.45) is 5.92 Å². The highest BCUT2D eigenvalue weighted by Crippen LogP contribution is 2.33. The van der Waals surface area contributed by atoms with E-state index in [1.807, 2.05) is 19.1 Å². The monoisotopic (exact) mass is 414 g/mol. The maximum atomic E-state index is 13.0. The summed E-state index contributed by atoms with van der Waals surface area (Å²) in [5.74, 6) is 0.766. The highest BCUT2D eigenvalue weighted by Gasteiger charge is 2.47. The van der Waals surface area contributed by atoms with Crippen molar-refractivity contribution >= 4 is 33.5 Å². The minimum atomic E-state index is -0.774. The van der Waals surface area contributed by atoms with Gasteiger partial charge >= 0.3 is 6.03 Å². The lowest BCUT2D eigenvalue weighted by atomic mass is 9.92. The van der Waals surface area contributed by atoms with E-state index in [1.165, 1.54) is 9.60 Å². The van der Waals surface area contributed by atoms with E-state index in [0.717, 1.165) is 42.9 Å². The normalized spacial score (nSPS) is 25.9. The van der Waals surface area contributed by atoms with E-state index < -0.39 is 5.54 Å². The van der Waals surface area contributed by atoms with Crippen molar-refractivity contribution in [3.8, 4) is 0 Å². The van der Waals surface area contributed by atoms with Gasteiger partial charge in [0, 0.05) is 12.5 Å². The zero-order valence-electron chi connectivity index (χ0n) is 17.5. The average molecular weight is 415 g/mol. The molecule has 7 heteroatoms. The highest BCUT2D eigenvalue weighted by atomic mass is 32.1. The number of carbonyl (C=O) groups excluding carboxylic acids is 2. The molecule has 1 aromatic heterocycles. The van der Waals surface area contributed by atoms with Gasteiger partial charge in [-0.15, -0.1) is 11.3 Å². The summed E-state index contributed by atoms with van der Waals surface area (Å²) in [6, 6.07) is 7.98. The van der Waals surface area contributed by atoms with Gasteiger partial charge in [-0.2, -0.15) is 0 Å². The maximum Gasteiger partial charge on any atom is 0.326 e. The van der Waals surface area contributed by atoms with Crippen LogP contribution in [0.5, 0.6) is 0 Å². The smallest absolute Gasteiger partial charge is 0.323 e. The number of imide groups is 1. The van der Waals surface area contributed by atoms with Crippen molar-refractivity contribution in [1.82, 2.24) is 20.1 Å². The van der Waals surface area contributed by atoms with E-state index in [9.17, 15) is 9.59 Å². The molecule has 1 N–H and O–H groups in total. The third-order valence-electron chi connectivity index (χ3n) is 6.07. The van der Waals surface area contributed by atoms with Crippen molar-refractivity contribution in [2.75, 3.05) is 19.8 Å². The molecule has 0 spiro atoms. The van der Waals surface area contributed by atoms with Crippen molar-refractivity contribution in [2.45, 2.75) is 57.9 Å². The second-order valence-corrected chi connectivity index (χ2v) is 10.1. The summed E-state index contributed by atoms with van der Waals surface area (Å²) in [6.07, 6.45) is 3.75. The lowest BCUT2D eigenvalue weighted by molar-refractivity contribution is -0.132. The Hall–Kier alpha value is -1.99. The number of aromatic nitrogens is 1. The van der Waals surface area contributed by atoms with Crippen LogP contribution in [-0.4, -0.2) is 52.0 Å². The number of amides is 3. The summed E-state index contributed by atoms with van der Waals surface area (Å²) in [5.41, 5.74) is 0.281. The fourth-order valence-corrected chi connectivity index (χ4v) is 5.37. The van der Waals surface area contributed by atoms with Gasteiger partial charge in [0.25, 0.3) is 5.91 Å². The fourth-order valence-electron chi connectivity index (χ4n) is 4.27. The predicted molar refractivity (Wildman–Crippen MR) is 116 cm³/mol. The number of nitrogens with one attached hydrogen (secondary N) is 1. The summed E-state index contributed by atoms with van der Waals surface area (Å²) in [4.78, 5) is 34.0. The Kier molecular flexibility index (Phi) is 5.62. The molecule has 29 heavy (non-hydrogen) atoms. The topological polar surface area (TPSA) is 65.5 Å². The maximum absolute atomic E-state index is 13.0. The average Bonchev–Trinajstić information content (AvgIpc) is 3.22. The first-order valence-electron chi connectivity index (χ1n) is 10.6. The molecule has 0 unspecified atom stereocenters. The third-order valence-corrected chi connectivity index (χ3v) is 7.27. The van der Waals surface area contributed by atoms with Crippen LogP contribution >= 0.6 is 11.3 Å². The molecule has 2 saturated heterocycles. The Labute approximate surface area is 176 Å². The van der Waals surface area contributed by atoms with E-state index in [1.54, 1.807) is 11.3 Å².